The Hall–Kier alpha value is -2.65. The number of carbonyl (C=O) groups excluding carboxylic acids is 3. The van der Waals surface area contributed by atoms with Gasteiger partial charge in [0.25, 0.3) is 11.8 Å². The number of thioether (sulfide) groups is 1. The van der Waals surface area contributed by atoms with Gasteiger partial charge in [0, 0.05) is 48.7 Å². The van der Waals surface area contributed by atoms with Gasteiger partial charge in [-0.25, -0.2) is 0 Å². The third-order valence-electron chi connectivity index (χ3n) is 6.21. The first-order valence-electron chi connectivity index (χ1n) is 11.4. The lowest BCUT2D eigenvalue weighted by Gasteiger charge is -2.27. The third-order valence-corrected chi connectivity index (χ3v) is 8.45. The molecule has 0 spiro atoms. The van der Waals surface area contributed by atoms with Crippen LogP contribution in [0.5, 0.6) is 0 Å². The molecule has 0 aliphatic carbocycles. The largest absolute Gasteiger partial charge is 0.351 e. The van der Waals surface area contributed by atoms with Crippen LogP contribution in [0.3, 0.4) is 0 Å². The molecule has 1 atom stereocenters. The summed E-state index contributed by atoms with van der Waals surface area (Å²) in [5.41, 5.74) is 2.33. The van der Waals surface area contributed by atoms with Gasteiger partial charge in [-0.05, 0) is 60.9 Å². The molecule has 4 heterocycles. The van der Waals surface area contributed by atoms with Crippen molar-refractivity contribution in [1.29, 1.82) is 0 Å². The molecule has 9 heteroatoms. The summed E-state index contributed by atoms with van der Waals surface area (Å²) in [5, 5.41) is 5.19. The maximum absolute atomic E-state index is 13.0. The molecule has 1 aromatic heterocycles. The highest BCUT2D eigenvalue weighted by Crippen LogP contribution is 2.29. The average molecular weight is 483 g/mol. The van der Waals surface area contributed by atoms with Crippen molar-refractivity contribution in [3.05, 3.63) is 51.7 Å². The number of thiophene rings is 1. The van der Waals surface area contributed by atoms with Crippen molar-refractivity contribution in [2.45, 2.75) is 43.9 Å². The zero-order valence-electron chi connectivity index (χ0n) is 18.3. The van der Waals surface area contributed by atoms with Crippen LogP contribution in [0.15, 0.2) is 40.7 Å². The molecule has 3 aliphatic rings. The standard InChI is InChI=1S/C24H26N4O3S2/c29-21(14-20-22(30)26-24(33-20)27-9-2-1-3-10-27)25-18-6-4-5-16(13-18)23(31)28-11-7-19-17(15-28)8-12-32-19/h4-6,8,12-13,20H,1-3,7,9-11,14-15H2,(H,25,29). The number of likely N-dealkylation sites (tertiary alicyclic amines) is 1. The van der Waals surface area contributed by atoms with Crippen molar-refractivity contribution in [2.75, 3.05) is 25.0 Å². The van der Waals surface area contributed by atoms with Gasteiger partial charge in [0.05, 0.1) is 0 Å². The highest BCUT2D eigenvalue weighted by Gasteiger charge is 2.33. The topological polar surface area (TPSA) is 82.1 Å². The zero-order valence-corrected chi connectivity index (χ0v) is 19.9. The number of carbonyl (C=O) groups is 3. The number of benzene rings is 1. The number of piperidine rings is 1. The van der Waals surface area contributed by atoms with Gasteiger partial charge in [0.2, 0.25) is 5.91 Å². The number of amidine groups is 1. The summed E-state index contributed by atoms with van der Waals surface area (Å²) < 4.78 is 0. The fraction of sp³-hybridized carbons (Fsp3) is 0.417. The lowest BCUT2D eigenvalue weighted by atomic mass is 10.1. The number of fused-ring (bicyclic) bond motifs is 1. The number of rotatable bonds is 4. The minimum absolute atomic E-state index is 0.0379. The van der Waals surface area contributed by atoms with Crippen LogP contribution in [0, 0.1) is 0 Å². The minimum Gasteiger partial charge on any atom is -0.351 e. The van der Waals surface area contributed by atoms with Crippen molar-refractivity contribution in [3.8, 4) is 0 Å². The number of aliphatic imine (C=N–C) groups is 1. The molecule has 1 saturated heterocycles. The summed E-state index contributed by atoms with van der Waals surface area (Å²) in [7, 11) is 0. The SMILES string of the molecule is O=C(CC1SC(N2CCCCC2)=NC1=O)Nc1cccc(C(=O)N2CCc3sccc3C2)c1. The van der Waals surface area contributed by atoms with E-state index in [9.17, 15) is 14.4 Å². The van der Waals surface area contributed by atoms with Crippen molar-refractivity contribution in [1.82, 2.24) is 9.80 Å². The van der Waals surface area contributed by atoms with E-state index in [4.69, 9.17) is 0 Å². The van der Waals surface area contributed by atoms with Crippen LogP contribution >= 0.6 is 23.1 Å². The Morgan fingerprint density at radius 1 is 1.12 bits per heavy atom. The molecule has 5 rings (SSSR count). The molecular formula is C24H26N4O3S2. The summed E-state index contributed by atoms with van der Waals surface area (Å²) in [6.07, 6.45) is 4.38. The second kappa shape index (κ2) is 9.69. The molecular weight excluding hydrogens is 456 g/mol. The number of amides is 3. The predicted molar refractivity (Wildman–Crippen MR) is 132 cm³/mol. The van der Waals surface area contributed by atoms with E-state index in [0.29, 0.717) is 24.3 Å². The summed E-state index contributed by atoms with van der Waals surface area (Å²) in [6.45, 7) is 3.16. The zero-order chi connectivity index (χ0) is 22.8. The van der Waals surface area contributed by atoms with Crippen LogP contribution in [0.2, 0.25) is 0 Å². The Morgan fingerprint density at radius 3 is 2.82 bits per heavy atom. The molecule has 0 bridgehead atoms. The van der Waals surface area contributed by atoms with E-state index < -0.39 is 5.25 Å². The molecule has 7 nitrogen and oxygen atoms in total. The first kappa shape index (κ1) is 22.2. The summed E-state index contributed by atoms with van der Waals surface area (Å²) in [4.78, 5) is 47.6. The lowest BCUT2D eigenvalue weighted by Crippen LogP contribution is -2.35. The highest BCUT2D eigenvalue weighted by atomic mass is 32.2. The van der Waals surface area contributed by atoms with Crippen molar-refractivity contribution in [2.24, 2.45) is 4.99 Å². The van der Waals surface area contributed by atoms with Gasteiger partial charge in [0.15, 0.2) is 5.17 Å². The van der Waals surface area contributed by atoms with Gasteiger partial charge in [-0.1, -0.05) is 17.8 Å². The molecule has 1 unspecified atom stereocenters. The lowest BCUT2D eigenvalue weighted by molar-refractivity contribution is -0.121. The maximum Gasteiger partial charge on any atom is 0.262 e. The molecule has 3 aliphatic heterocycles. The van der Waals surface area contributed by atoms with Crippen molar-refractivity contribution >= 4 is 51.7 Å². The molecule has 33 heavy (non-hydrogen) atoms. The molecule has 2 aromatic rings. The molecule has 1 aromatic carbocycles. The Kier molecular flexibility index (Phi) is 6.50. The number of hydrogen-bond donors (Lipinski definition) is 1. The molecule has 172 valence electrons. The van der Waals surface area contributed by atoms with Crippen LogP contribution in [0.25, 0.3) is 0 Å². The molecule has 1 fully saturated rings. The van der Waals surface area contributed by atoms with E-state index in [-0.39, 0.29) is 24.1 Å². The molecule has 3 amide bonds. The number of anilines is 1. The fourth-order valence-electron chi connectivity index (χ4n) is 4.44. The van der Waals surface area contributed by atoms with Crippen LogP contribution in [-0.2, 0) is 22.6 Å². The Labute approximate surface area is 201 Å². The first-order chi connectivity index (χ1) is 16.1. The number of nitrogens with one attached hydrogen (secondary N) is 1. The fourth-order valence-corrected chi connectivity index (χ4v) is 6.45. The molecule has 0 radical (unpaired) electrons. The van der Waals surface area contributed by atoms with Gasteiger partial charge in [0.1, 0.15) is 5.25 Å². The van der Waals surface area contributed by atoms with Crippen LogP contribution in [0.1, 0.15) is 46.5 Å². The molecule has 1 N–H and O–H groups in total. The maximum atomic E-state index is 13.0. The molecule has 0 saturated carbocycles. The summed E-state index contributed by atoms with van der Waals surface area (Å²) in [6, 6.07) is 9.11. The van der Waals surface area contributed by atoms with Crippen LogP contribution in [0.4, 0.5) is 5.69 Å². The highest BCUT2D eigenvalue weighted by molar-refractivity contribution is 8.15. The Bertz CT molecular complexity index is 1110. The van der Waals surface area contributed by atoms with Crippen LogP contribution in [-0.4, -0.2) is 57.6 Å². The van der Waals surface area contributed by atoms with Gasteiger partial charge in [-0.3, -0.25) is 14.4 Å². The van der Waals surface area contributed by atoms with Crippen LogP contribution < -0.4 is 5.32 Å². The average Bonchev–Trinajstić information content (AvgIpc) is 3.45. The van der Waals surface area contributed by atoms with E-state index in [2.05, 4.69) is 26.7 Å². The summed E-state index contributed by atoms with van der Waals surface area (Å²) in [5.74, 6) is -0.525. The van der Waals surface area contributed by atoms with Gasteiger partial charge in [-0.2, -0.15) is 4.99 Å². The quantitative estimate of drug-likeness (QED) is 0.718. The number of hydrogen-bond acceptors (Lipinski definition) is 6. The minimum atomic E-state index is -0.486. The second-order valence-electron chi connectivity index (χ2n) is 8.57. The Morgan fingerprint density at radius 2 is 1.97 bits per heavy atom. The Balaban J connectivity index is 1.17. The van der Waals surface area contributed by atoms with E-state index in [1.807, 2.05) is 4.90 Å². The third kappa shape index (κ3) is 4.99. The normalized spacial score (nSPS) is 20.4. The van der Waals surface area contributed by atoms with Crippen molar-refractivity contribution < 1.29 is 14.4 Å². The first-order valence-corrected chi connectivity index (χ1v) is 13.1. The van der Waals surface area contributed by atoms with Crippen molar-refractivity contribution in [3.63, 3.8) is 0 Å². The van der Waals surface area contributed by atoms with E-state index in [1.165, 1.54) is 28.6 Å². The van der Waals surface area contributed by atoms with Gasteiger partial charge >= 0.3 is 0 Å². The predicted octanol–water partition coefficient (Wildman–Crippen LogP) is 3.76. The van der Waals surface area contributed by atoms with Gasteiger partial charge < -0.3 is 15.1 Å². The smallest absolute Gasteiger partial charge is 0.262 e. The monoisotopic (exact) mass is 482 g/mol. The summed E-state index contributed by atoms with van der Waals surface area (Å²) >= 11 is 3.14. The van der Waals surface area contributed by atoms with E-state index in [0.717, 1.165) is 37.5 Å². The van der Waals surface area contributed by atoms with Gasteiger partial charge in [-0.15, -0.1) is 11.3 Å². The van der Waals surface area contributed by atoms with E-state index >= 15 is 0 Å². The number of nitrogens with zero attached hydrogens (tertiary/aromatic N) is 3. The second-order valence-corrected chi connectivity index (χ2v) is 10.7. The van der Waals surface area contributed by atoms with E-state index in [1.54, 1.807) is 35.6 Å².